The van der Waals surface area contributed by atoms with E-state index in [1.807, 2.05) is 19.9 Å². The molecule has 1 amide bonds. The highest BCUT2D eigenvalue weighted by Crippen LogP contribution is 2.29. The number of carbonyl (C=O) groups excluding carboxylic acids is 1. The van der Waals surface area contributed by atoms with Crippen LogP contribution in [0.5, 0.6) is 11.5 Å². The van der Waals surface area contributed by atoms with E-state index in [0.29, 0.717) is 23.6 Å². The molecule has 0 fully saturated rings. The lowest BCUT2D eigenvalue weighted by atomic mass is 10.1. The minimum Gasteiger partial charge on any atom is -0.493 e. The molecule has 0 aliphatic rings. The van der Waals surface area contributed by atoms with Gasteiger partial charge >= 0.3 is 6.09 Å². The number of hydrogen-bond donors (Lipinski definition) is 1. The van der Waals surface area contributed by atoms with Gasteiger partial charge in [-0.3, -0.25) is 5.32 Å². The van der Waals surface area contributed by atoms with Gasteiger partial charge in [0.05, 0.1) is 25.0 Å². The number of ether oxygens (including phenoxy) is 3. The summed E-state index contributed by atoms with van der Waals surface area (Å²) in [6.07, 6.45) is 0.144. The summed E-state index contributed by atoms with van der Waals surface area (Å²) in [6.45, 7) is 4.30. The van der Waals surface area contributed by atoms with Crippen molar-refractivity contribution in [3.05, 3.63) is 53.3 Å². The highest BCUT2D eigenvalue weighted by Gasteiger charge is 2.14. The van der Waals surface area contributed by atoms with Crippen molar-refractivity contribution in [3.63, 3.8) is 0 Å². The second-order valence-corrected chi connectivity index (χ2v) is 5.24. The third-order valence-corrected chi connectivity index (χ3v) is 3.63. The van der Waals surface area contributed by atoms with Crippen molar-refractivity contribution >= 4 is 11.8 Å². The van der Waals surface area contributed by atoms with Crippen LogP contribution in [0.25, 0.3) is 0 Å². The first-order chi connectivity index (χ1) is 12.1. The number of halogens is 1. The van der Waals surface area contributed by atoms with Crippen LogP contribution in [0.15, 0.2) is 36.4 Å². The van der Waals surface area contributed by atoms with E-state index in [1.165, 1.54) is 13.2 Å². The third kappa shape index (κ3) is 4.86. The standard InChI is InChI=1S/C19H22FNO4/c1-4-13-9-10-18(15(20)11-13)25-12-14-16(21-19(22)23-3)7-6-8-17(14)24-5-2/h6-11H,4-5,12H2,1-3H3,(H,21,22). The maximum atomic E-state index is 14.1. The Morgan fingerprint density at radius 1 is 1.12 bits per heavy atom. The van der Waals surface area contributed by atoms with Gasteiger partial charge in [0.25, 0.3) is 0 Å². The lowest BCUT2D eigenvalue weighted by Crippen LogP contribution is -2.14. The number of methoxy groups -OCH3 is 1. The Hall–Kier alpha value is -2.76. The van der Waals surface area contributed by atoms with E-state index in [4.69, 9.17) is 9.47 Å². The molecule has 2 aromatic rings. The first kappa shape index (κ1) is 18.6. The minimum atomic E-state index is -0.603. The summed E-state index contributed by atoms with van der Waals surface area (Å²) in [5.41, 5.74) is 1.99. The van der Waals surface area contributed by atoms with Gasteiger partial charge in [-0.2, -0.15) is 0 Å². The fourth-order valence-corrected chi connectivity index (χ4v) is 2.31. The number of carbonyl (C=O) groups is 1. The lowest BCUT2D eigenvalue weighted by molar-refractivity contribution is 0.187. The number of amides is 1. The van der Waals surface area contributed by atoms with Crippen LogP contribution in [-0.4, -0.2) is 19.8 Å². The maximum Gasteiger partial charge on any atom is 0.411 e. The Kier molecular flexibility index (Phi) is 6.62. The van der Waals surface area contributed by atoms with Gasteiger partial charge < -0.3 is 14.2 Å². The van der Waals surface area contributed by atoms with E-state index in [-0.39, 0.29) is 12.4 Å². The molecule has 2 rings (SSSR count). The number of benzene rings is 2. The molecule has 0 radical (unpaired) electrons. The molecular formula is C19H22FNO4. The number of anilines is 1. The smallest absolute Gasteiger partial charge is 0.411 e. The second kappa shape index (κ2) is 8.92. The minimum absolute atomic E-state index is 0.0396. The van der Waals surface area contributed by atoms with Crippen LogP contribution < -0.4 is 14.8 Å². The molecule has 0 saturated heterocycles. The third-order valence-electron chi connectivity index (χ3n) is 3.63. The fraction of sp³-hybridized carbons (Fsp3) is 0.316. The van der Waals surface area contributed by atoms with Crippen molar-refractivity contribution in [1.82, 2.24) is 0 Å². The van der Waals surface area contributed by atoms with Crippen LogP contribution in [-0.2, 0) is 17.8 Å². The molecule has 0 aliphatic carbocycles. The topological polar surface area (TPSA) is 56.8 Å². The highest BCUT2D eigenvalue weighted by molar-refractivity contribution is 5.86. The predicted molar refractivity (Wildman–Crippen MR) is 93.7 cm³/mol. The summed E-state index contributed by atoms with van der Waals surface area (Å²) in [5.74, 6) is 0.283. The zero-order chi connectivity index (χ0) is 18.2. The van der Waals surface area contributed by atoms with Gasteiger partial charge in [0.15, 0.2) is 11.6 Å². The quantitative estimate of drug-likeness (QED) is 0.799. The number of hydrogen-bond acceptors (Lipinski definition) is 4. The van der Waals surface area contributed by atoms with E-state index in [9.17, 15) is 9.18 Å². The number of aryl methyl sites for hydroxylation is 1. The molecule has 6 heteroatoms. The van der Waals surface area contributed by atoms with E-state index >= 15 is 0 Å². The predicted octanol–water partition coefficient (Wildman–Crippen LogP) is 4.54. The Labute approximate surface area is 146 Å². The summed E-state index contributed by atoms with van der Waals surface area (Å²) in [7, 11) is 1.28. The van der Waals surface area contributed by atoms with Crippen molar-refractivity contribution in [2.75, 3.05) is 19.0 Å². The van der Waals surface area contributed by atoms with E-state index in [0.717, 1.165) is 12.0 Å². The summed E-state index contributed by atoms with van der Waals surface area (Å²) in [4.78, 5) is 11.5. The van der Waals surface area contributed by atoms with Gasteiger partial charge in [-0.05, 0) is 43.2 Å². The summed E-state index contributed by atoms with van der Waals surface area (Å²) >= 11 is 0. The van der Waals surface area contributed by atoms with Crippen LogP contribution in [0.2, 0.25) is 0 Å². The molecule has 2 aromatic carbocycles. The van der Waals surface area contributed by atoms with Gasteiger partial charge in [-0.15, -0.1) is 0 Å². The zero-order valence-electron chi connectivity index (χ0n) is 14.6. The summed E-state index contributed by atoms with van der Waals surface area (Å²) < 4.78 is 29.9. The van der Waals surface area contributed by atoms with Crippen molar-refractivity contribution in [2.24, 2.45) is 0 Å². The molecule has 134 valence electrons. The molecule has 0 aliphatic heterocycles. The molecule has 0 aromatic heterocycles. The molecule has 1 N–H and O–H groups in total. The first-order valence-electron chi connectivity index (χ1n) is 8.09. The SMILES string of the molecule is CCOc1cccc(NC(=O)OC)c1COc1ccc(CC)cc1F. The zero-order valence-corrected chi connectivity index (χ0v) is 14.6. The molecule has 0 spiro atoms. The molecule has 25 heavy (non-hydrogen) atoms. The molecule has 0 saturated carbocycles. The van der Waals surface area contributed by atoms with Crippen molar-refractivity contribution < 1.29 is 23.4 Å². The lowest BCUT2D eigenvalue weighted by Gasteiger charge is -2.16. The Balaban J connectivity index is 2.25. The van der Waals surface area contributed by atoms with Gasteiger partial charge in [-0.1, -0.05) is 19.1 Å². The van der Waals surface area contributed by atoms with Crippen molar-refractivity contribution in [3.8, 4) is 11.5 Å². The van der Waals surface area contributed by atoms with E-state index in [1.54, 1.807) is 24.3 Å². The molecule has 0 bridgehead atoms. The molecular weight excluding hydrogens is 325 g/mol. The molecule has 0 unspecified atom stereocenters. The number of nitrogens with one attached hydrogen (secondary N) is 1. The van der Waals surface area contributed by atoms with E-state index in [2.05, 4.69) is 10.1 Å². The molecule has 0 heterocycles. The second-order valence-electron chi connectivity index (χ2n) is 5.24. The average molecular weight is 347 g/mol. The fourth-order valence-electron chi connectivity index (χ4n) is 2.31. The van der Waals surface area contributed by atoms with Crippen LogP contribution in [0.4, 0.5) is 14.9 Å². The largest absolute Gasteiger partial charge is 0.493 e. The van der Waals surface area contributed by atoms with Crippen molar-refractivity contribution in [2.45, 2.75) is 26.9 Å². The first-order valence-corrected chi connectivity index (χ1v) is 8.09. The van der Waals surface area contributed by atoms with Crippen LogP contribution in [0.1, 0.15) is 25.0 Å². The Morgan fingerprint density at radius 2 is 1.92 bits per heavy atom. The van der Waals surface area contributed by atoms with Crippen LogP contribution >= 0.6 is 0 Å². The summed E-state index contributed by atoms with van der Waals surface area (Å²) in [5, 5.41) is 2.61. The molecule has 5 nitrogen and oxygen atoms in total. The van der Waals surface area contributed by atoms with E-state index < -0.39 is 11.9 Å². The van der Waals surface area contributed by atoms with Crippen molar-refractivity contribution in [1.29, 1.82) is 0 Å². The Bertz CT molecular complexity index is 733. The highest BCUT2D eigenvalue weighted by atomic mass is 19.1. The van der Waals surface area contributed by atoms with Gasteiger partial charge in [0.1, 0.15) is 12.4 Å². The van der Waals surface area contributed by atoms with Gasteiger partial charge in [0.2, 0.25) is 0 Å². The monoisotopic (exact) mass is 347 g/mol. The number of rotatable bonds is 7. The average Bonchev–Trinajstić information content (AvgIpc) is 2.62. The molecule has 0 atom stereocenters. The normalized spacial score (nSPS) is 10.2. The Morgan fingerprint density at radius 3 is 2.56 bits per heavy atom. The van der Waals surface area contributed by atoms with Gasteiger partial charge in [-0.25, -0.2) is 9.18 Å². The van der Waals surface area contributed by atoms with Gasteiger partial charge in [0, 0.05) is 0 Å². The van der Waals surface area contributed by atoms with Crippen LogP contribution in [0.3, 0.4) is 0 Å². The van der Waals surface area contributed by atoms with Crippen LogP contribution in [0, 0.1) is 5.82 Å². The summed E-state index contributed by atoms with van der Waals surface area (Å²) in [6, 6.07) is 10.1. The maximum absolute atomic E-state index is 14.1.